The number of hydrogen-bond donors (Lipinski definition) is 1. The van der Waals surface area contributed by atoms with Gasteiger partial charge in [0.1, 0.15) is 4.84 Å². The van der Waals surface area contributed by atoms with E-state index in [9.17, 15) is 8.42 Å². The summed E-state index contributed by atoms with van der Waals surface area (Å²) in [6, 6.07) is 0. The summed E-state index contributed by atoms with van der Waals surface area (Å²) < 4.78 is 21.3. The lowest BCUT2D eigenvalue weighted by molar-refractivity contribution is 0.586. The summed E-state index contributed by atoms with van der Waals surface area (Å²) in [4.78, 5) is 1.12. The molecule has 0 unspecified atom stereocenters. The molecular weight excluding hydrogens is 211 g/mol. The lowest BCUT2D eigenvalue weighted by Crippen LogP contribution is -2.20. The highest BCUT2D eigenvalue weighted by molar-refractivity contribution is 7.89. The molecule has 0 aromatic heterocycles. The van der Waals surface area contributed by atoms with Crippen LogP contribution in [0.5, 0.6) is 0 Å². The van der Waals surface area contributed by atoms with Crippen LogP contribution >= 0.6 is 23.2 Å². The molecule has 0 aliphatic rings. The van der Waals surface area contributed by atoms with E-state index in [0.717, 1.165) is 6.21 Å². The summed E-state index contributed by atoms with van der Waals surface area (Å²) in [7, 11) is -3.28. The minimum Gasteiger partial charge on any atom is -0.205 e. The third kappa shape index (κ3) is 6.40. The van der Waals surface area contributed by atoms with E-state index in [0.29, 0.717) is 0 Å². The molecule has 0 aromatic carbocycles. The molecule has 0 aliphatic heterocycles. The van der Waals surface area contributed by atoms with Crippen LogP contribution in [0.2, 0.25) is 0 Å². The van der Waals surface area contributed by atoms with Crippen molar-refractivity contribution in [1.82, 2.24) is 4.83 Å². The quantitative estimate of drug-likeness (QED) is 0.430. The van der Waals surface area contributed by atoms with Crippen molar-refractivity contribution in [2.75, 3.05) is 5.75 Å². The van der Waals surface area contributed by atoms with Gasteiger partial charge in [-0.05, 0) is 6.92 Å². The van der Waals surface area contributed by atoms with E-state index in [1.807, 2.05) is 4.83 Å². The second-order valence-corrected chi connectivity index (χ2v) is 4.76. The Morgan fingerprint density at radius 2 is 2.18 bits per heavy atom. The maximum absolute atomic E-state index is 10.7. The molecule has 0 saturated carbocycles. The van der Waals surface area contributed by atoms with E-state index in [1.54, 1.807) is 0 Å². The Hall–Kier alpha value is -0.000000000000000111. The van der Waals surface area contributed by atoms with Gasteiger partial charge in [0, 0.05) is 0 Å². The fourth-order valence-electron chi connectivity index (χ4n) is 0.232. The zero-order chi connectivity index (χ0) is 8.91. The molecule has 0 radical (unpaired) electrons. The summed E-state index contributed by atoms with van der Waals surface area (Å²) >= 11 is 10.5. The highest BCUT2D eigenvalue weighted by Crippen LogP contribution is 1.95. The van der Waals surface area contributed by atoms with Gasteiger partial charge in [-0.2, -0.15) is 5.10 Å². The van der Waals surface area contributed by atoms with Crippen LogP contribution in [0.1, 0.15) is 6.92 Å². The lowest BCUT2D eigenvalue weighted by Gasteiger charge is -1.97. The molecule has 0 amide bonds. The number of alkyl halides is 2. The van der Waals surface area contributed by atoms with Crippen LogP contribution < -0.4 is 4.83 Å². The molecule has 0 spiro atoms. The largest absolute Gasteiger partial charge is 0.247 e. The average molecular weight is 219 g/mol. The van der Waals surface area contributed by atoms with E-state index in [-0.39, 0.29) is 5.75 Å². The van der Waals surface area contributed by atoms with Gasteiger partial charge in [-0.15, -0.1) is 0 Å². The Labute approximate surface area is 75.6 Å². The second-order valence-electron chi connectivity index (χ2n) is 1.61. The van der Waals surface area contributed by atoms with E-state index < -0.39 is 14.9 Å². The number of hydrazone groups is 1. The predicted molar refractivity (Wildman–Crippen MR) is 46.6 cm³/mol. The molecule has 0 rings (SSSR count). The maximum Gasteiger partial charge on any atom is 0.247 e. The summed E-state index contributed by atoms with van der Waals surface area (Å²) in [6.45, 7) is 1.50. The van der Waals surface area contributed by atoms with Crippen molar-refractivity contribution < 1.29 is 8.42 Å². The van der Waals surface area contributed by atoms with Gasteiger partial charge in [-0.3, -0.25) is 0 Å². The van der Waals surface area contributed by atoms with Gasteiger partial charge >= 0.3 is 0 Å². The van der Waals surface area contributed by atoms with Gasteiger partial charge in [-0.1, -0.05) is 23.2 Å². The first kappa shape index (κ1) is 11.0. The van der Waals surface area contributed by atoms with E-state index in [4.69, 9.17) is 23.2 Å². The van der Waals surface area contributed by atoms with Crippen molar-refractivity contribution in [2.24, 2.45) is 5.10 Å². The number of sulfonamides is 1. The van der Waals surface area contributed by atoms with Crippen LogP contribution in [0, 0.1) is 0 Å². The fourth-order valence-corrected chi connectivity index (χ4v) is 0.695. The first-order chi connectivity index (χ1) is 4.98. The van der Waals surface area contributed by atoms with Crippen molar-refractivity contribution in [3.63, 3.8) is 0 Å². The zero-order valence-corrected chi connectivity index (χ0v) is 8.12. The van der Waals surface area contributed by atoms with Crippen molar-refractivity contribution in [2.45, 2.75) is 11.8 Å². The topological polar surface area (TPSA) is 58.5 Å². The molecule has 11 heavy (non-hydrogen) atoms. The van der Waals surface area contributed by atoms with Gasteiger partial charge in [0.2, 0.25) is 10.0 Å². The van der Waals surface area contributed by atoms with Crippen LogP contribution in [0.15, 0.2) is 5.10 Å². The highest BCUT2D eigenvalue weighted by Gasteiger charge is 2.02. The van der Waals surface area contributed by atoms with Crippen LogP contribution in [0.4, 0.5) is 0 Å². The normalized spacial score (nSPS) is 12.7. The highest BCUT2D eigenvalue weighted by atomic mass is 35.5. The smallest absolute Gasteiger partial charge is 0.205 e. The van der Waals surface area contributed by atoms with Gasteiger partial charge in [-0.25, -0.2) is 13.2 Å². The van der Waals surface area contributed by atoms with Crippen LogP contribution in [-0.4, -0.2) is 25.2 Å². The van der Waals surface area contributed by atoms with Crippen molar-refractivity contribution in [3.05, 3.63) is 0 Å². The Morgan fingerprint density at radius 1 is 1.64 bits per heavy atom. The summed E-state index contributed by atoms with van der Waals surface area (Å²) in [5.41, 5.74) is 0. The van der Waals surface area contributed by atoms with Crippen molar-refractivity contribution >= 4 is 39.4 Å². The Bertz CT molecular complexity index is 224. The molecule has 0 heterocycles. The molecule has 0 bridgehead atoms. The average Bonchev–Trinajstić information content (AvgIpc) is 1.87. The molecule has 0 saturated heterocycles. The van der Waals surface area contributed by atoms with E-state index >= 15 is 0 Å². The minimum atomic E-state index is -3.28. The molecule has 1 N–H and O–H groups in total. The number of nitrogens with zero attached hydrogens (tertiary/aromatic N) is 1. The second kappa shape index (κ2) is 4.79. The third-order valence-corrected chi connectivity index (χ3v) is 2.13. The van der Waals surface area contributed by atoms with Crippen LogP contribution in [0.3, 0.4) is 0 Å². The maximum atomic E-state index is 10.7. The molecule has 7 heteroatoms. The summed E-state index contributed by atoms with van der Waals surface area (Å²) in [5, 5.41) is 3.29. The number of rotatable bonds is 4. The van der Waals surface area contributed by atoms with Gasteiger partial charge in [0.25, 0.3) is 0 Å². The number of hydrogen-bond acceptors (Lipinski definition) is 3. The van der Waals surface area contributed by atoms with Gasteiger partial charge < -0.3 is 0 Å². The molecule has 0 atom stereocenters. The van der Waals surface area contributed by atoms with Crippen LogP contribution in [0.25, 0.3) is 0 Å². The third-order valence-electron chi connectivity index (χ3n) is 0.759. The molecule has 0 aromatic rings. The Morgan fingerprint density at radius 3 is 2.55 bits per heavy atom. The first-order valence-corrected chi connectivity index (χ1v) is 5.31. The standard InChI is InChI=1S/C4H8Cl2N2O2S/c1-2-11(9,10)8-7-3-4(5)6/h3-4,8H,2H2,1H3. The molecule has 4 nitrogen and oxygen atoms in total. The van der Waals surface area contributed by atoms with Crippen molar-refractivity contribution in [3.8, 4) is 0 Å². The minimum absolute atomic E-state index is 0.0282. The molecule has 0 fully saturated rings. The Kier molecular flexibility index (Phi) is 4.79. The number of halogens is 2. The van der Waals surface area contributed by atoms with Gasteiger partial charge in [0.05, 0.1) is 12.0 Å². The van der Waals surface area contributed by atoms with Gasteiger partial charge in [0.15, 0.2) is 0 Å². The zero-order valence-electron chi connectivity index (χ0n) is 5.79. The molecular formula is C4H8Cl2N2O2S. The monoisotopic (exact) mass is 218 g/mol. The molecule has 0 aliphatic carbocycles. The fraction of sp³-hybridized carbons (Fsp3) is 0.750. The van der Waals surface area contributed by atoms with Crippen LogP contribution in [-0.2, 0) is 10.0 Å². The predicted octanol–water partition coefficient (Wildman–Crippen LogP) is 0.715. The number of nitrogens with one attached hydrogen (secondary N) is 1. The summed E-state index contributed by atoms with van der Waals surface area (Å²) in [6.07, 6.45) is 1.08. The van der Waals surface area contributed by atoms with E-state index in [1.165, 1.54) is 6.92 Å². The Balaban J connectivity index is 3.89. The summed E-state index contributed by atoms with van der Waals surface area (Å²) in [5.74, 6) is -0.0282. The SMILES string of the molecule is CCS(=O)(=O)NN=CC(Cl)Cl. The lowest BCUT2D eigenvalue weighted by atomic mass is 10.9. The van der Waals surface area contributed by atoms with E-state index in [2.05, 4.69) is 5.10 Å². The van der Waals surface area contributed by atoms with Crippen molar-refractivity contribution in [1.29, 1.82) is 0 Å². The molecule has 66 valence electrons. The first-order valence-electron chi connectivity index (χ1n) is 2.78.